The Morgan fingerprint density at radius 3 is 2.25 bits per heavy atom. The zero-order valence-corrected chi connectivity index (χ0v) is 13.3. The van der Waals surface area contributed by atoms with Gasteiger partial charge in [-0.05, 0) is 48.7 Å². The molecule has 0 aromatic heterocycles. The standard InChI is InChI=1S/C17H18BrNO/c1-3-13-4-6-15(7-5-13)17(20)19-12(2)14-8-10-16(18)11-9-14/h4-12H,3H2,1-2H3,(H,19,20). The highest BCUT2D eigenvalue weighted by Crippen LogP contribution is 2.17. The van der Waals surface area contributed by atoms with Crippen molar-refractivity contribution in [3.8, 4) is 0 Å². The van der Waals surface area contributed by atoms with E-state index >= 15 is 0 Å². The molecule has 0 heterocycles. The predicted molar refractivity (Wildman–Crippen MR) is 85.8 cm³/mol. The quantitative estimate of drug-likeness (QED) is 0.877. The van der Waals surface area contributed by atoms with E-state index in [0.717, 1.165) is 16.5 Å². The van der Waals surface area contributed by atoms with E-state index < -0.39 is 0 Å². The monoisotopic (exact) mass is 331 g/mol. The van der Waals surface area contributed by atoms with Crippen LogP contribution in [0.1, 0.15) is 41.4 Å². The normalized spacial score (nSPS) is 11.9. The Hall–Kier alpha value is -1.61. The van der Waals surface area contributed by atoms with Gasteiger partial charge in [0.2, 0.25) is 0 Å². The summed E-state index contributed by atoms with van der Waals surface area (Å²) in [5.41, 5.74) is 3.03. The van der Waals surface area contributed by atoms with Crippen LogP contribution in [0.5, 0.6) is 0 Å². The molecule has 2 rings (SSSR count). The Kier molecular flexibility index (Phi) is 4.96. The SMILES string of the molecule is CCc1ccc(C(=O)NC(C)c2ccc(Br)cc2)cc1. The molecular formula is C17H18BrNO. The van der Waals surface area contributed by atoms with Crippen molar-refractivity contribution in [1.82, 2.24) is 5.32 Å². The number of rotatable bonds is 4. The van der Waals surface area contributed by atoms with Crippen LogP contribution in [0.15, 0.2) is 53.0 Å². The molecule has 2 aromatic rings. The van der Waals surface area contributed by atoms with Crippen molar-refractivity contribution in [3.63, 3.8) is 0 Å². The van der Waals surface area contributed by atoms with E-state index in [0.29, 0.717) is 5.56 Å². The number of hydrogen-bond acceptors (Lipinski definition) is 1. The van der Waals surface area contributed by atoms with E-state index in [4.69, 9.17) is 0 Å². The van der Waals surface area contributed by atoms with Crippen LogP contribution in [-0.2, 0) is 6.42 Å². The molecule has 0 bridgehead atoms. The average molecular weight is 332 g/mol. The van der Waals surface area contributed by atoms with Crippen molar-refractivity contribution in [3.05, 3.63) is 69.7 Å². The van der Waals surface area contributed by atoms with E-state index in [9.17, 15) is 4.79 Å². The Bertz CT molecular complexity index is 575. The third kappa shape index (κ3) is 3.70. The van der Waals surface area contributed by atoms with Crippen LogP contribution in [0.2, 0.25) is 0 Å². The minimum Gasteiger partial charge on any atom is -0.346 e. The molecular weight excluding hydrogens is 314 g/mol. The first-order chi connectivity index (χ1) is 9.60. The molecule has 1 amide bonds. The van der Waals surface area contributed by atoms with Gasteiger partial charge in [0.25, 0.3) is 5.91 Å². The number of aryl methyl sites for hydroxylation is 1. The fraction of sp³-hybridized carbons (Fsp3) is 0.235. The smallest absolute Gasteiger partial charge is 0.251 e. The highest BCUT2D eigenvalue weighted by Gasteiger charge is 2.11. The topological polar surface area (TPSA) is 29.1 Å². The van der Waals surface area contributed by atoms with Crippen molar-refractivity contribution in [2.75, 3.05) is 0 Å². The molecule has 2 aromatic carbocycles. The zero-order valence-electron chi connectivity index (χ0n) is 11.7. The summed E-state index contributed by atoms with van der Waals surface area (Å²) in [7, 11) is 0. The summed E-state index contributed by atoms with van der Waals surface area (Å²) in [5.74, 6) is -0.0388. The summed E-state index contributed by atoms with van der Waals surface area (Å²) < 4.78 is 1.04. The second kappa shape index (κ2) is 6.71. The molecule has 0 fully saturated rings. The fourth-order valence-corrected chi connectivity index (χ4v) is 2.27. The summed E-state index contributed by atoms with van der Waals surface area (Å²) in [4.78, 5) is 12.2. The zero-order chi connectivity index (χ0) is 14.5. The number of hydrogen-bond donors (Lipinski definition) is 1. The maximum absolute atomic E-state index is 12.2. The van der Waals surface area contributed by atoms with E-state index in [1.54, 1.807) is 0 Å². The first-order valence-corrected chi connectivity index (χ1v) is 7.54. The second-order valence-electron chi connectivity index (χ2n) is 4.80. The molecule has 0 saturated carbocycles. The molecule has 0 aliphatic heterocycles. The summed E-state index contributed by atoms with van der Waals surface area (Å²) in [5, 5.41) is 3.02. The van der Waals surface area contributed by atoms with Crippen molar-refractivity contribution in [2.24, 2.45) is 0 Å². The lowest BCUT2D eigenvalue weighted by Gasteiger charge is -2.14. The molecule has 1 atom stereocenters. The molecule has 0 saturated heterocycles. The van der Waals surface area contributed by atoms with Gasteiger partial charge >= 0.3 is 0 Å². The minimum atomic E-state index is -0.0388. The molecule has 0 spiro atoms. The number of carbonyl (C=O) groups is 1. The van der Waals surface area contributed by atoms with Gasteiger partial charge < -0.3 is 5.32 Å². The molecule has 20 heavy (non-hydrogen) atoms. The van der Waals surface area contributed by atoms with Crippen LogP contribution in [0.4, 0.5) is 0 Å². The second-order valence-corrected chi connectivity index (χ2v) is 5.71. The van der Waals surface area contributed by atoms with Crippen LogP contribution in [-0.4, -0.2) is 5.91 Å². The maximum Gasteiger partial charge on any atom is 0.251 e. The number of nitrogens with one attached hydrogen (secondary N) is 1. The first-order valence-electron chi connectivity index (χ1n) is 6.75. The highest BCUT2D eigenvalue weighted by molar-refractivity contribution is 9.10. The molecule has 1 N–H and O–H groups in total. The summed E-state index contributed by atoms with van der Waals surface area (Å²) >= 11 is 3.41. The van der Waals surface area contributed by atoms with Crippen LogP contribution < -0.4 is 5.32 Å². The van der Waals surface area contributed by atoms with Gasteiger partial charge in [-0.15, -0.1) is 0 Å². The lowest BCUT2D eigenvalue weighted by molar-refractivity contribution is 0.0940. The Morgan fingerprint density at radius 2 is 1.70 bits per heavy atom. The van der Waals surface area contributed by atoms with Gasteiger partial charge in [-0.1, -0.05) is 47.1 Å². The number of halogens is 1. The predicted octanol–water partition coefficient (Wildman–Crippen LogP) is 4.50. The largest absolute Gasteiger partial charge is 0.346 e. The lowest BCUT2D eigenvalue weighted by Crippen LogP contribution is -2.26. The van der Waals surface area contributed by atoms with Crippen molar-refractivity contribution < 1.29 is 4.79 Å². The van der Waals surface area contributed by atoms with Crippen molar-refractivity contribution in [2.45, 2.75) is 26.3 Å². The molecule has 1 unspecified atom stereocenters. The van der Waals surface area contributed by atoms with E-state index in [1.807, 2.05) is 55.5 Å². The van der Waals surface area contributed by atoms with Crippen molar-refractivity contribution >= 4 is 21.8 Å². The fourth-order valence-electron chi connectivity index (χ4n) is 2.01. The number of carbonyl (C=O) groups excluding carboxylic acids is 1. The number of benzene rings is 2. The Balaban J connectivity index is 2.04. The molecule has 3 heteroatoms. The van der Waals surface area contributed by atoms with E-state index in [2.05, 4.69) is 28.2 Å². The van der Waals surface area contributed by atoms with Crippen LogP contribution in [0, 0.1) is 0 Å². The van der Waals surface area contributed by atoms with Gasteiger partial charge in [0, 0.05) is 10.0 Å². The third-order valence-corrected chi connectivity index (χ3v) is 3.87. The molecule has 2 nitrogen and oxygen atoms in total. The van der Waals surface area contributed by atoms with Crippen LogP contribution in [0.3, 0.4) is 0 Å². The summed E-state index contributed by atoms with van der Waals surface area (Å²) in [6.07, 6.45) is 0.983. The molecule has 104 valence electrons. The van der Waals surface area contributed by atoms with E-state index in [1.165, 1.54) is 5.56 Å². The van der Waals surface area contributed by atoms with Gasteiger partial charge in [-0.2, -0.15) is 0 Å². The Labute approximate surface area is 128 Å². The van der Waals surface area contributed by atoms with E-state index in [-0.39, 0.29) is 11.9 Å². The minimum absolute atomic E-state index is 0.0125. The maximum atomic E-state index is 12.2. The average Bonchev–Trinajstić information content (AvgIpc) is 2.48. The van der Waals surface area contributed by atoms with Gasteiger partial charge in [0.1, 0.15) is 0 Å². The van der Waals surface area contributed by atoms with Crippen LogP contribution in [0.25, 0.3) is 0 Å². The third-order valence-electron chi connectivity index (χ3n) is 3.34. The highest BCUT2D eigenvalue weighted by atomic mass is 79.9. The molecule has 0 aliphatic carbocycles. The van der Waals surface area contributed by atoms with Gasteiger partial charge in [0.15, 0.2) is 0 Å². The van der Waals surface area contributed by atoms with Crippen LogP contribution >= 0.6 is 15.9 Å². The Morgan fingerprint density at radius 1 is 1.10 bits per heavy atom. The van der Waals surface area contributed by atoms with Crippen molar-refractivity contribution in [1.29, 1.82) is 0 Å². The summed E-state index contributed by atoms with van der Waals surface area (Å²) in [6, 6.07) is 15.7. The summed E-state index contributed by atoms with van der Waals surface area (Å²) in [6.45, 7) is 4.09. The first kappa shape index (κ1) is 14.8. The van der Waals surface area contributed by atoms with Gasteiger partial charge in [-0.3, -0.25) is 4.79 Å². The van der Waals surface area contributed by atoms with Gasteiger partial charge in [-0.25, -0.2) is 0 Å². The molecule has 0 aliphatic rings. The lowest BCUT2D eigenvalue weighted by atomic mass is 10.1. The number of amides is 1. The molecule has 0 radical (unpaired) electrons. The van der Waals surface area contributed by atoms with Gasteiger partial charge in [0.05, 0.1) is 6.04 Å².